The van der Waals surface area contributed by atoms with Gasteiger partial charge in [0.05, 0.1) is 10.7 Å². The van der Waals surface area contributed by atoms with Gasteiger partial charge in [-0.1, -0.05) is 42.8 Å². The molecule has 1 N–H and O–H groups in total. The third-order valence-corrected chi connectivity index (χ3v) is 5.82. The molecule has 2 aromatic rings. The maximum Gasteiger partial charge on any atom is 0.269 e. The molecule has 0 aliphatic carbocycles. The van der Waals surface area contributed by atoms with Crippen LogP contribution in [0.5, 0.6) is 0 Å². The zero-order chi connectivity index (χ0) is 22.8. The fourth-order valence-corrected chi connectivity index (χ4v) is 3.95. The van der Waals surface area contributed by atoms with Gasteiger partial charge < -0.3 is 10.2 Å². The van der Waals surface area contributed by atoms with Gasteiger partial charge in [0.25, 0.3) is 5.69 Å². The SMILES string of the molecule is CCCNC(=O)C(C)N(Cc1cccc(Cl)c1)C(=O)CSCc1ccc([N+](=O)[O-])cc1. The number of carbonyl (C=O) groups excluding carboxylic acids is 2. The number of nitro benzene ring substituents is 1. The van der Waals surface area contributed by atoms with Crippen LogP contribution in [0.2, 0.25) is 5.02 Å². The summed E-state index contributed by atoms with van der Waals surface area (Å²) >= 11 is 7.47. The molecule has 2 aromatic carbocycles. The first kappa shape index (κ1) is 24.7. The number of amides is 2. The third-order valence-electron chi connectivity index (χ3n) is 4.60. The number of rotatable bonds is 11. The summed E-state index contributed by atoms with van der Waals surface area (Å²) in [7, 11) is 0. The van der Waals surface area contributed by atoms with E-state index in [2.05, 4.69) is 5.32 Å². The molecule has 0 radical (unpaired) electrons. The fraction of sp³-hybridized carbons (Fsp3) is 0.364. The minimum atomic E-state index is -0.627. The second-order valence-corrected chi connectivity index (χ2v) is 8.46. The van der Waals surface area contributed by atoms with E-state index in [0.29, 0.717) is 17.3 Å². The number of halogens is 1. The lowest BCUT2D eigenvalue weighted by atomic mass is 10.1. The van der Waals surface area contributed by atoms with Crippen LogP contribution in [-0.2, 0) is 21.9 Å². The highest BCUT2D eigenvalue weighted by molar-refractivity contribution is 7.99. The van der Waals surface area contributed by atoms with Crippen LogP contribution >= 0.6 is 23.4 Å². The Hall–Kier alpha value is -2.58. The van der Waals surface area contributed by atoms with Gasteiger partial charge in [-0.2, -0.15) is 0 Å². The number of nitrogens with zero attached hydrogens (tertiary/aromatic N) is 2. The smallest absolute Gasteiger partial charge is 0.269 e. The molecule has 2 amide bonds. The van der Waals surface area contributed by atoms with Gasteiger partial charge >= 0.3 is 0 Å². The Bertz CT molecular complexity index is 908. The average molecular weight is 464 g/mol. The van der Waals surface area contributed by atoms with E-state index in [4.69, 9.17) is 11.6 Å². The Morgan fingerprint density at radius 3 is 2.52 bits per heavy atom. The maximum atomic E-state index is 13.0. The minimum absolute atomic E-state index is 0.0319. The Morgan fingerprint density at radius 2 is 1.90 bits per heavy atom. The van der Waals surface area contributed by atoms with E-state index in [1.807, 2.05) is 19.1 Å². The molecule has 0 saturated carbocycles. The molecule has 0 aliphatic rings. The van der Waals surface area contributed by atoms with Crippen molar-refractivity contribution >= 4 is 40.9 Å². The number of thioether (sulfide) groups is 1. The Balaban J connectivity index is 2.03. The van der Waals surface area contributed by atoms with Crippen molar-refractivity contribution in [3.63, 3.8) is 0 Å². The lowest BCUT2D eigenvalue weighted by molar-refractivity contribution is -0.384. The van der Waals surface area contributed by atoms with Gasteiger partial charge in [0, 0.05) is 36.0 Å². The zero-order valence-electron chi connectivity index (χ0n) is 17.5. The summed E-state index contributed by atoms with van der Waals surface area (Å²) in [5, 5.41) is 14.2. The van der Waals surface area contributed by atoms with Crippen LogP contribution in [0.25, 0.3) is 0 Å². The fourth-order valence-electron chi connectivity index (χ4n) is 2.86. The van der Waals surface area contributed by atoms with Crippen molar-refractivity contribution in [3.8, 4) is 0 Å². The number of hydrogen-bond donors (Lipinski definition) is 1. The Labute approximate surface area is 191 Å². The molecular formula is C22H26ClN3O4S. The molecule has 0 aliphatic heterocycles. The van der Waals surface area contributed by atoms with E-state index in [0.717, 1.165) is 17.5 Å². The van der Waals surface area contributed by atoms with Crippen molar-refractivity contribution in [2.45, 2.75) is 38.6 Å². The summed E-state index contributed by atoms with van der Waals surface area (Å²) in [6, 6.07) is 12.8. The quantitative estimate of drug-likeness (QED) is 0.393. The molecule has 166 valence electrons. The molecule has 31 heavy (non-hydrogen) atoms. The molecule has 9 heteroatoms. The van der Waals surface area contributed by atoms with Gasteiger partial charge in [0.15, 0.2) is 0 Å². The predicted molar refractivity (Wildman–Crippen MR) is 124 cm³/mol. The van der Waals surface area contributed by atoms with Crippen molar-refractivity contribution in [1.82, 2.24) is 10.2 Å². The normalized spacial score (nSPS) is 11.6. The first-order chi connectivity index (χ1) is 14.8. The van der Waals surface area contributed by atoms with E-state index < -0.39 is 11.0 Å². The molecule has 0 spiro atoms. The van der Waals surface area contributed by atoms with Gasteiger partial charge in [-0.15, -0.1) is 11.8 Å². The van der Waals surface area contributed by atoms with Crippen molar-refractivity contribution in [1.29, 1.82) is 0 Å². The summed E-state index contributed by atoms with van der Waals surface area (Å²) in [5.74, 6) is 0.359. The number of non-ortho nitro benzene ring substituents is 1. The van der Waals surface area contributed by atoms with Gasteiger partial charge in [-0.05, 0) is 36.6 Å². The van der Waals surface area contributed by atoms with Crippen molar-refractivity contribution < 1.29 is 14.5 Å². The summed E-state index contributed by atoms with van der Waals surface area (Å²) in [5.41, 5.74) is 1.76. The number of carbonyl (C=O) groups is 2. The number of benzene rings is 2. The molecule has 0 heterocycles. The zero-order valence-corrected chi connectivity index (χ0v) is 19.1. The highest BCUT2D eigenvalue weighted by Gasteiger charge is 2.25. The molecule has 0 bridgehead atoms. The minimum Gasteiger partial charge on any atom is -0.354 e. The molecule has 1 atom stereocenters. The highest BCUT2D eigenvalue weighted by Crippen LogP contribution is 2.19. The molecule has 0 saturated heterocycles. The van der Waals surface area contributed by atoms with Crippen LogP contribution in [0.15, 0.2) is 48.5 Å². The van der Waals surface area contributed by atoms with Gasteiger partial charge in [0.2, 0.25) is 11.8 Å². The van der Waals surface area contributed by atoms with Crippen LogP contribution < -0.4 is 5.32 Å². The topological polar surface area (TPSA) is 92.6 Å². The summed E-state index contributed by atoms with van der Waals surface area (Å²) in [6.07, 6.45) is 0.811. The van der Waals surface area contributed by atoms with E-state index in [9.17, 15) is 19.7 Å². The van der Waals surface area contributed by atoms with E-state index in [1.165, 1.54) is 23.9 Å². The van der Waals surface area contributed by atoms with E-state index >= 15 is 0 Å². The van der Waals surface area contributed by atoms with E-state index in [1.54, 1.807) is 36.1 Å². The standard InChI is InChI=1S/C22H26ClN3O4S/c1-3-11-24-22(28)16(2)25(13-18-5-4-6-19(23)12-18)21(27)15-31-14-17-7-9-20(10-8-17)26(29)30/h4-10,12,16H,3,11,13-15H2,1-2H3,(H,24,28). The largest absolute Gasteiger partial charge is 0.354 e. The Morgan fingerprint density at radius 1 is 1.19 bits per heavy atom. The van der Waals surface area contributed by atoms with E-state index in [-0.39, 0.29) is 29.8 Å². The molecular weight excluding hydrogens is 438 g/mol. The molecule has 7 nitrogen and oxygen atoms in total. The third kappa shape index (κ3) is 7.88. The lowest BCUT2D eigenvalue weighted by Crippen LogP contribution is -2.48. The lowest BCUT2D eigenvalue weighted by Gasteiger charge is -2.28. The van der Waals surface area contributed by atoms with Gasteiger partial charge in [-0.25, -0.2) is 0 Å². The number of nitro groups is 1. The van der Waals surface area contributed by atoms with Gasteiger partial charge in [-0.3, -0.25) is 19.7 Å². The first-order valence-corrected chi connectivity index (χ1v) is 11.5. The first-order valence-electron chi connectivity index (χ1n) is 9.94. The molecule has 0 aromatic heterocycles. The molecule has 2 rings (SSSR count). The van der Waals surface area contributed by atoms with Crippen LogP contribution in [0.4, 0.5) is 5.69 Å². The number of nitrogens with one attached hydrogen (secondary N) is 1. The van der Waals surface area contributed by atoms with Crippen LogP contribution in [0.3, 0.4) is 0 Å². The van der Waals surface area contributed by atoms with Crippen LogP contribution in [-0.4, -0.2) is 40.0 Å². The van der Waals surface area contributed by atoms with Crippen LogP contribution in [0, 0.1) is 10.1 Å². The van der Waals surface area contributed by atoms with Crippen molar-refractivity contribution in [2.75, 3.05) is 12.3 Å². The molecule has 0 fully saturated rings. The monoisotopic (exact) mass is 463 g/mol. The predicted octanol–water partition coefficient (Wildman–Crippen LogP) is 4.42. The average Bonchev–Trinajstić information content (AvgIpc) is 2.75. The maximum absolute atomic E-state index is 13.0. The highest BCUT2D eigenvalue weighted by atomic mass is 35.5. The molecule has 1 unspecified atom stereocenters. The summed E-state index contributed by atoms with van der Waals surface area (Å²) < 4.78 is 0. The van der Waals surface area contributed by atoms with Gasteiger partial charge in [0.1, 0.15) is 6.04 Å². The second kappa shape index (κ2) is 12.3. The van der Waals surface area contributed by atoms with Crippen molar-refractivity contribution in [3.05, 3.63) is 74.8 Å². The number of hydrogen-bond acceptors (Lipinski definition) is 5. The summed E-state index contributed by atoms with van der Waals surface area (Å²) in [6.45, 7) is 4.51. The second-order valence-electron chi connectivity index (χ2n) is 7.03. The van der Waals surface area contributed by atoms with Crippen LogP contribution in [0.1, 0.15) is 31.4 Å². The summed E-state index contributed by atoms with van der Waals surface area (Å²) in [4.78, 5) is 37.3. The Kier molecular flexibility index (Phi) is 9.81. The van der Waals surface area contributed by atoms with Crippen molar-refractivity contribution in [2.24, 2.45) is 0 Å².